The molecule has 2 aromatic rings. The van der Waals surface area contributed by atoms with Crippen LogP contribution >= 0.6 is 0 Å². The minimum atomic E-state index is -0.206. The first-order valence-corrected chi connectivity index (χ1v) is 6.41. The molecule has 0 bridgehead atoms. The fourth-order valence-corrected chi connectivity index (χ4v) is 1.98. The zero-order valence-electron chi connectivity index (χ0n) is 11.8. The van der Waals surface area contributed by atoms with Gasteiger partial charge in [0.2, 0.25) is 0 Å². The van der Waals surface area contributed by atoms with Crippen LogP contribution < -0.4 is 4.74 Å². The van der Waals surface area contributed by atoms with E-state index in [1.165, 1.54) is 25.3 Å². The maximum atomic E-state index is 12.0. The Hall–Kier alpha value is -2.75. The quantitative estimate of drug-likeness (QED) is 0.667. The highest BCUT2D eigenvalue weighted by Gasteiger charge is 2.13. The van der Waals surface area contributed by atoms with Gasteiger partial charge in [-0.25, -0.2) is 0 Å². The van der Waals surface area contributed by atoms with E-state index in [4.69, 9.17) is 4.74 Å². The lowest BCUT2D eigenvalue weighted by Gasteiger charge is -2.10. The highest BCUT2D eigenvalue weighted by atomic mass is 16.5. The molecule has 0 fully saturated rings. The first-order chi connectivity index (χ1) is 10.0. The smallest absolute Gasteiger partial charge is 0.185 e. The third-order valence-corrected chi connectivity index (χ3v) is 3.20. The number of ether oxygens (including phenoxy) is 1. The fourth-order valence-electron chi connectivity index (χ4n) is 1.98. The highest BCUT2D eigenvalue weighted by molar-refractivity contribution is 6.07. The van der Waals surface area contributed by atoms with Crippen LogP contribution in [-0.2, 0) is 0 Å². The van der Waals surface area contributed by atoms with Gasteiger partial charge in [0.05, 0.1) is 12.7 Å². The molecule has 4 nitrogen and oxygen atoms in total. The number of benzene rings is 2. The van der Waals surface area contributed by atoms with Gasteiger partial charge >= 0.3 is 0 Å². The average molecular weight is 284 g/mol. The summed E-state index contributed by atoms with van der Waals surface area (Å²) in [4.78, 5) is 12.0. The number of phenolic OH excluding ortho intramolecular Hbond substituents is 2. The van der Waals surface area contributed by atoms with Crippen molar-refractivity contribution >= 4 is 11.9 Å². The van der Waals surface area contributed by atoms with E-state index in [0.29, 0.717) is 16.9 Å². The molecule has 0 atom stereocenters. The van der Waals surface area contributed by atoms with E-state index >= 15 is 0 Å². The molecular weight excluding hydrogens is 268 g/mol. The van der Waals surface area contributed by atoms with Gasteiger partial charge in [0.1, 0.15) is 17.2 Å². The van der Waals surface area contributed by atoms with Crippen molar-refractivity contribution < 1.29 is 19.7 Å². The number of phenols is 2. The zero-order valence-corrected chi connectivity index (χ0v) is 11.8. The van der Waals surface area contributed by atoms with Crippen LogP contribution in [0.15, 0.2) is 42.5 Å². The SMILES string of the molecule is COc1cc(O)c(C=CC(=O)c2ccccc2)c(O)c1C. The first-order valence-electron chi connectivity index (χ1n) is 6.41. The molecule has 0 spiro atoms. The fraction of sp³-hybridized carbons (Fsp3) is 0.118. The topological polar surface area (TPSA) is 66.8 Å². The molecule has 0 aliphatic rings. The Labute approximate surface area is 122 Å². The second kappa shape index (κ2) is 6.13. The summed E-state index contributed by atoms with van der Waals surface area (Å²) in [5, 5.41) is 20.0. The summed E-state index contributed by atoms with van der Waals surface area (Å²) in [6.07, 6.45) is 2.71. The summed E-state index contributed by atoms with van der Waals surface area (Å²) in [5.41, 5.74) is 1.23. The molecule has 21 heavy (non-hydrogen) atoms. The number of carbonyl (C=O) groups excluding carboxylic acids is 1. The summed E-state index contributed by atoms with van der Waals surface area (Å²) in [6.45, 7) is 1.67. The Bertz CT molecular complexity index is 688. The molecule has 0 aromatic heterocycles. The number of hydrogen-bond acceptors (Lipinski definition) is 4. The largest absolute Gasteiger partial charge is 0.507 e. The van der Waals surface area contributed by atoms with Crippen LogP contribution in [0.25, 0.3) is 6.08 Å². The molecule has 0 saturated heterocycles. The number of hydrogen-bond donors (Lipinski definition) is 2. The van der Waals surface area contributed by atoms with E-state index in [-0.39, 0.29) is 22.8 Å². The minimum absolute atomic E-state index is 0.107. The van der Waals surface area contributed by atoms with Crippen molar-refractivity contribution in [3.05, 3.63) is 59.2 Å². The van der Waals surface area contributed by atoms with Crippen LogP contribution in [0.4, 0.5) is 0 Å². The van der Waals surface area contributed by atoms with Gasteiger partial charge in [0.15, 0.2) is 5.78 Å². The first kappa shape index (κ1) is 14.7. The number of allylic oxidation sites excluding steroid dienone is 1. The number of methoxy groups -OCH3 is 1. The molecular formula is C17H16O4. The average Bonchev–Trinajstić information content (AvgIpc) is 2.51. The number of ketones is 1. The molecule has 0 heterocycles. The standard InChI is InChI=1S/C17H16O4/c1-11-16(21-2)10-15(19)13(17(11)20)8-9-14(18)12-6-4-3-5-7-12/h3-10,19-20H,1-2H3. The molecule has 0 aliphatic carbocycles. The van der Waals surface area contributed by atoms with Crippen LogP contribution in [0.5, 0.6) is 17.2 Å². The normalized spacial score (nSPS) is 10.8. The maximum Gasteiger partial charge on any atom is 0.185 e. The second-order valence-corrected chi connectivity index (χ2v) is 4.55. The van der Waals surface area contributed by atoms with Crippen LogP contribution in [0.1, 0.15) is 21.5 Å². The van der Waals surface area contributed by atoms with Gasteiger partial charge in [-0.05, 0) is 19.1 Å². The molecule has 2 rings (SSSR count). The Morgan fingerprint density at radius 3 is 2.48 bits per heavy atom. The van der Waals surface area contributed by atoms with E-state index in [1.807, 2.05) is 6.07 Å². The van der Waals surface area contributed by atoms with Crippen molar-refractivity contribution in [3.63, 3.8) is 0 Å². The lowest BCUT2D eigenvalue weighted by atomic mass is 10.0. The van der Waals surface area contributed by atoms with E-state index in [1.54, 1.807) is 31.2 Å². The van der Waals surface area contributed by atoms with Crippen LogP contribution in [-0.4, -0.2) is 23.1 Å². The van der Waals surface area contributed by atoms with Gasteiger partial charge in [-0.1, -0.05) is 30.3 Å². The Morgan fingerprint density at radius 1 is 1.19 bits per heavy atom. The molecule has 2 N–H and O–H groups in total. The third kappa shape index (κ3) is 3.05. The van der Waals surface area contributed by atoms with Crippen molar-refractivity contribution in [2.45, 2.75) is 6.92 Å². The highest BCUT2D eigenvalue weighted by Crippen LogP contribution is 2.38. The van der Waals surface area contributed by atoms with E-state index in [2.05, 4.69) is 0 Å². The Morgan fingerprint density at radius 2 is 1.86 bits per heavy atom. The Balaban J connectivity index is 2.34. The Kier molecular flexibility index (Phi) is 4.28. The van der Waals surface area contributed by atoms with Gasteiger partial charge in [-0.2, -0.15) is 0 Å². The summed E-state index contributed by atoms with van der Waals surface area (Å²) < 4.78 is 5.05. The molecule has 0 unspecified atom stereocenters. The summed E-state index contributed by atoms with van der Waals surface area (Å²) in [5.74, 6) is -0.0737. The molecule has 4 heteroatoms. The summed E-state index contributed by atoms with van der Waals surface area (Å²) in [6, 6.07) is 10.2. The zero-order chi connectivity index (χ0) is 15.4. The van der Waals surface area contributed by atoms with Gasteiger partial charge in [-0.15, -0.1) is 0 Å². The molecule has 0 amide bonds. The van der Waals surface area contributed by atoms with Crippen LogP contribution in [0.3, 0.4) is 0 Å². The van der Waals surface area contributed by atoms with E-state index in [9.17, 15) is 15.0 Å². The van der Waals surface area contributed by atoms with Crippen molar-refractivity contribution in [2.75, 3.05) is 7.11 Å². The van der Waals surface area contributed by atoms with Gasteiger partial charge in [-0.3, -0.25) is 4.79 Å². The van der Waals surface area contributed by atoms with Gasteiger partial charge in [0, 0.05) is 17.2 Å². The van der Waals surface area contributed by atoms with Gasteiger partial charge in [0.25, 0.3) is 0 Å². The molecule has 0 aliphatic heterocycles. The third-order valence-electron chi connectivity index (χ3n) is 3.20. The van der Waals surface area contributed by atoms with Crippen LogP contribution in [0.2, 0.25) is 0 Å². The van der Waals surface area contributed by atoms with Crippen molar-refractivity contribution in [3.8, 4) is 17.2 Å². The van der Waals surface area contributed by atoms with Gasteiger partial charge < -0.3 is 14.9 Å². The minimum Gasteiger partial charge on any atom is -0.507 e. The van der Waals surface area contributed by atoms with Crippen molar-refractivity contribution in [1.82, 2.24) is 0 Å². The number of carbonyl (C=O) groups is 1. The number of aromatic hydroxyl groups is 2. The van der Waals surface area contributed by atoms with Crippen LogP contribution in [0, 0.1) is 6.92 Å². The number of rotatable bonds is 4. The maximum absolute atomic E-state index is 12.0. The predicted molar refractivity (Wildman–Crippen MR) is 80.9 cm³/mol. The predicted octanol–water partition coefficient (Wildman–Crippen LogP) is 3.31. The monoisotopic (exact) mass is 284 g/mol. The molecule has 2 aromatic carbocycles. The van der Waals surface area contributed by atoms with Crippen molar-refractivity contribution in [2.24, 2.45) is 0 Å². The molecule has 0 radical (unpaired) electrons. The summed E-state index contributed by atoms with van der Waals surface area (Å²) >= 11 is 0. The lowest BCUT2D eigenvalue weighted by Crippen LogP contribution is -1.94. The molecule has 0 saturated carbocycles. The van der Waals surface area contributed by atoms with E-state index in [0.717, 1.165) is 0 Å². The van der Waals surface area contributed by atoms with Crippen molar-refractivity contribution in [1.29, 1.82) is 0 Å². The molecule has 108 valence electrons. The summed E-state index contributed by atoms with van der Waals surface area (Å²) in [7, 11) is 1.45. The second-order valence-electron chi connectivity index (χ2n) is 4.55. The lowest BCUT2D eigenvalue weighted by molar-refractivity contribution is 0.104. The van der Waals surface area contributed by atoms with E-state index < -0.39 is 0 Å².